The zero-order chi connectivity index (χ0) is 16.1. The summed E-state index contributed by atoms with van der Waals surface area (Å²) < 4.78 is 0. The third-order valence-electron chi connectivity index (χ3n) is 4.17. The summed E-state index contributed by atoms with van der Waals surface area (Å²) >= 11 is 0. The molecule has 1 aliphatic heterocycles. The molecule has 2 amide bonds. The summed E-state index contributed by atoms with van der Waals surface area (Å²) in [6.07, 6.45) is 2.80. The molecule has 0 saturated heterocycles. The number of urea groups is 1. The number of pyridine rings is 1. The molecule has 1 aliphatic rings. The maximum Gasteiger partial charge on any atom is 0.315 e. The Kier molecular flexibility index (Phi) is 4.76. The Labute approximate surface area is 136 Å². The van der Waals surface area contributed by atoms with Crippen molar-refractivity contribution in [3.63, 3.8) is 0 Å². The Bertz CT molecular complexity index is 659. The average molecular weight is 310 g/mol. The van der Waals surface area contributed by atoms with Gasteiger partial charge in [0.05, 0.1) is 12.2 Å². The van der Waals surface area contributed by atoms with Crippen LogP contribution in [-0.2, 0) is 13.0 Å². The second-order valence-electron chi connectivity index (χ2n) is 5.81. The Morgan fingerprint density at radius 3 is 2.87 bits per heavy atom. The highest BCUT2D eigenvalue weighted by Crippen LogP contribution is 2.28. The number of anilines is 1. The molecule has 0 saturated carbocycles. The average Bonchev–Trinajstić information content (AvgIpc) is 3.03. The van der Waals surface area contributed by atoms with Gasteiger partial charge in [-0.05, 0) is 37.1 Å². The first kappa shape index (κ1) is 15.3. The molecule has 2 heterocycles. The summed E-state index contributed by atoms with van der Waals surface area (Å²) in [5, 5.41) is 5.77. The van der Waals surface area contributed by atoms with Crippen LogP contribution in [0.15, 0.2) is 48.7 Å². The van der Waals surface area contributed by atoms with Gasteiger partial charge in [-0.15, -0.1) is 0 Å². The van der Waals surface area contributed by atoms with E-state index in [4.69, 9.17) is 0 Å². The number of carbonyl (C=O) groups excluding carboxylic acids is 1. The maximum absolute atomic E-state index is 11.9. The molecule has 2 N–H and O–H groups in total. The zero-order valence-electron chi connectivity index (χ0n) is 13.3. The second-order valence-corrected chi connectivity index (χ2v) is 5.81. The van der Waals surface area contributed by atoms with Gasteiger partial charge in [0.25, 0.3) is 0 Å². The number of fused-ring (bicyclic) bond motifs is 1. The van der Waals surface area contributed by atoms with Crippen LogP contribution >= 0.6 is 0 Å². The first-order valence-corrected chi connectivity index (χ1v) is 8.00. The van der Waals surface area contributed by atoms with E-state index in [1.165, 1.54) is 11.3 Å². The van der Waals surface area contributed by atoms with Gasteiger partial charge >= 0.3 is 6.03 Å². The van der Waals surface area contributed by atoms with Crippen LogP contribution in [0.3, 0.4) is 0 Å². The Balaban J connectivity index is 1.46. The molecule has 2 aromatic rings. The number of rotatable bonds is 5. The van der Waals surface area contributed by atoms with Crippen molar-refractivity contribution in [2.75, 3.05) is 18.0 Å². The van der Waals surface area contributed by atoms with Crippen molar-refractivity contribution >= 4 is 11.7 Å². The number of benzene rings is 1. The van der Waals surface area contributed by atoms with Crippen molar-refractivity contribution in [2.45, 2.75) is 25.9 Å². The molecule has 0 spiro atoms. The van der Waals surface area contributed by atoms with Gasteiger partial charge in [-0.2, -0.15) is 0 Å². The minimum atomic E-state index is -0.157. The molecule has 5 heteroatoms. The van der Waals surface area contributed by atoms with E-state index in [2.05, 4.69) is 51.7 Å². The van der Waals surface area contributed by atoms with Gasteiger partial charge < -0.3 is 15.5 Å². The van der Waals surface area contributed by atoms with Gasteiger partial charge in [0.1, 0.15) is 0 Å². The van der Waals surface area contributed by atoms with Crippen LogP contribution in [0.2, 0.25) is 0 Å². The molecule has 0 unspecified atom stereocenters. The lowest BCUT2D eigenvalue weighted by atomic mass is 10.2. The number of hydrogen-bond donors (Lipinski definition) is 2. The smallest absolute Gasteiger partial charge is 0.315 e. The van der Waals surface area contributed by atoms with Crippen molar-refractivity contribution < 1.29 is 4.79 Å². The SMILES string of the molecule is C[C@@H](CNC(=O)NCc1ccccn1)N1CCc2ccccc21. The van der Waals surface area contributed by atoms with E-state index >= 15 is 0 Å². The first-order chi connectivity index (χ1) is 11.2. The molecule has 23 heavy (non-hydrogen) atoms. The van der Waals surface area contributed by atoms with Crippen LogP contribution < -0.4 is 15.5 Å². The summed E-state index contributed by atoms with van der Waals surface area (Å²) in [5.41, 5.74) is 3.53. The molecular weight excluding hydrogens is 288 g/mol. The predicted octanol–water partition coefficient (Wildman–Crippen LogP) is 2.33. The Morgan fingerprint density at radius 1 is 1.22 bits per heavy atom. The fourth-order valence-electron chi connectivity index (χ4n) is 2.91. The lowest BCUT2D eigenvalue weighted by molar-refractivity contribution is 0.239. The summed E-state index contributed by atoms with van der Waals surface area (Å²) in [7, 11) is 0. The number of nitrogens with one attached hydrogen (secondary N) is 2. The summed E-state index contributed by atoms with van der Waals surface area (Å²) in [4.78, 5) is 18.5. The van der Waals surface area contributed by atoms with Crippen molar-refractivity contribution in [3.8, 4) is 0 Å². The van der Waals surface area contributed by atoms with Crippen LogP contribution in [-0.4, -0.2) is 30.1 Å². The molecule has 0 bridgehead atoms. The van der Waals surface area contributed by atoms with Crippen molar-refractivity contribution in [2.24, 2.45) is 0 Å². The fourth-order valence-corrected chi connectivity index (χ4v) is 2.91. The van der Waals surface area contributed by atoms with Crippen LogP contribution in [0.1, 0.15) is 18.2 Å². The quantitative estimate of drug-likeness (QED) is 0.891. The number of para-hydroxylation sites is 1. The van der Waals surface area contributed by atoms with E-state index < -0.39 is 0 Å². The van der Waals surface area contributed by atoms with Crippen LogP contribution in [0.5, 0.6) is 0 Å². The largest absolute Gasteiger partial charge is 0.366 e. The molecule has 120 valence electrons. The van der Waals surface area contributed by atoms with Crippen LogP contribution in [0, 0.1) is 0 Å². The van der Waals surface area contributed by atoms with E-state index in [0.29, 0.717) is 13.1 Å². The highest BCUT2D eigenvalue weighted by Gasteiger charge is 2.22. The monoisotopic (exact) mass is 310 g/mol. The Morgan fingerprint density at radius 2 is 2.04 bits per heavy atom. The number of nitrogens with zero attached hydrogens (tertiary/aromatic N) is 2. The first-order valence-electron chi connectivity index (χ1n) is 8.00. The van der Waals surface area contributed by atoms with Crippen molar-refractivity contribution in [1.82, 2.24) is 15.6 Å². The molecule has 0 aliphatic carbocycles. The third-order valence-corrected chi connectivity index (χ3v) is 4.17. The second kappa shape index (κ2) is 7.13. The normalized spacial score (nSPS) is 14.2. The molecule has 1 aromatic heterocycles. The van der Waals surface area contributed by atoms with E-state index in [1.54, 1.807) is 6.20 Å². The minimum Gasteiger partial charge on any atom is -0.366 e. The van der Waals surface area contributed by atoms with Crippen molar-refractivity contribution in [3.05, 3.63) is 59.9 Å². The summed E-state index contributed by atoms with van der Waals surface area (Å²) in [6.45, 7) is 4.20. The van der Waals surface area contributed by atoms with Gasteiger partial charge in [-0.1, -0.05) is 24.3 Å². The topological polar surface area (TPSA) is 57.3 Å². The number of aromatic nitrogens is 1. The predicted molar refractivity (Wildman–Crippen MR) is 91.4 cm³/mol. The highest BCUT2D eigenvalue weighted by molar-refractivity contribution is 5.73. The Hall–Kier alpha value is -2.56. The highest BCUT2D eigenvalue weighted by atomic mass is 16.2. The number of carbonyl (C=O) groups is 1. The van der Waals surface area contributed by atoms with E-state index in [0.717, 1.165) is 18.7 Å². The molecule has 5 nitrogen and oxygen atoms in total. The molecule has 0 fully saturated rings. The van der Waals surface area contributed by atoms with Gasteiger partial charge in [0.15, 0.2) is 0 Å². The fraction of sp³-hybridized carbons (Fsp3) is 0.333. The lowest BCUT2D eigenvalue weighted by Gasteiger charge is -2.27. The maximum atomic E-state index is 11.9. The van der Waals surface area contributed by atoms with E-state index in [1.807, 2.05) is 18.2 Å². The van der Waals surface area contributed by atoms with Crippen molar-refractivity contribution in [1.29, 1.82) is 0 Å². The molecular formula is C18H22N4O. The van der Waals surface area contributed by atoms with Crippen LogP contribution in [0.25, 0.3) is 0 Å². The van der Waals surface area contributed by atoms with Crippen LogP contribution in [0.4, 0.5) is 10.5 Å². The number of hydrogen-bond acceptors (Lipinski definition) is 3. The summed E-state index contributed by atoms with van der Waals surface area (Å²) in [5.74, 6) is 0. The lowest BCUT2D eigenvalue weighted by Crippen LogP contribution is -2.44. The molecule has 1 atom stereocenters. The third kappa shape index (κ3) is 3.80. The zero-order valence-corrected chi connectivity index (χ0v) is 13.3. The van der Waals surface area contributed by atoms with Gasteiger partial charge in [-0.25, -0.2) is 4.79 Å². The van der Waals surface area contributed by atoms with E-state index in [-0.39, 0.29) is 12.1 Å². The molecule has 0 radical (unpaired) electrons. The number of amides is 2. The summed E-state index contributed by atoms with van der Waals surface area (Å²) in [6, 6.07) is 14.2. The molecule has 1 aromatic carbocycles. The molecule has 3 rings (SSSR count). The van der Waals surface area contributed by atoms with Gasteiger partial charge in [-0.3, -0.25) is 4.98 Å². The van der Waals surface area contributed by atoms with Gasteiger partial charge in [0, 0.05) is 31.0 Å². The van der Waals surface area contributed by atoms with Gasteiger partial charge in [0.2, 0.25) is 0 Å². The standard InChI is InChI=1S/C18H22N4O/c1-14(22-11-9-15-6-2-3-8-17(15)22)12-20-18(23)21-13-16-7-4-5-10-19-16/h2-8,10,14H,9,11-13H2,1H3,(H2,20,21,23)/t14-/m0/s1. The van der Waals surface area contributed by atoms with E-state index in [9.17, 15) is 4.79 Å². The minimum absolute atomic E-state index is 0.157.